The quantitative estimate of drug-likeness (QED) is 0.468. The highest BCUT2D eigenvalue weighted by molar-refractivity contribution is 5.89. The number of rotatable bonds is 8. The van der Waals surface area contributed by atoms with E-state index in [1.54, 1.807) is 30.3 Å². The lowest BCUT2D eigenvalue weighted by Crippen LogP contribution is -2.62. The van der Waals surface area contributed by atoms with Gasteiger partial charge in [0.15, 0.2) is 18.5 Å². The average Bonchev–Trinajstić information content (AvgIpc) is 2.80. The van der Waals surface area contributed by atoms with Gasteiger partial charge in [0.2, 0.25) is 0 Å². The Morgan fingerprint density at radius 2 is 1.48 bits per heavy atom. The van der Waals surface area contributed by atoms with Crippen molar-refractivity contribution < 1.29 is 43.2 Å². The van der Waals surface area contributed by atoms with E-state index in [0.29, 0.717) is 0 Å². The van der Waals surface area contributed by atoms with Crippen molar-refractivity contribution in [2.24, 2.45) is 0 Å². The second-order valence-corrected chi connectivity index (χ2v) is 7.44. The minimum Gasteiger partial charge on any atom is -0.463 e. The van der Waals surface area contributed by atoms with Crippen molar-refractivity contribution >= 4 is 17.9 Å². The number of benzene rings is 2. The van der Waals surface area contributed by atoms with Crippen LogP contribution in [0.15, 0.2) is 60.7 Å². The Bertz CT molecular complexity index is 931. The first-order valence-corrected chi connectivity index (χ1v) is 10.4. The van der Waals surface area contributed by atoms with E-state index in [0.717, 1.165) is 5.56 Å². The van der Waals surface area contributed by atoms with Crippen LogP contribution in [0.2, 0.25) is 0 Å². The monoisotopic (exact) mass is 458 g/mol. The number of ether oxygens (including phenoxy) is 5. The first-order chi connectivity index (χ1) is 15.8. The Labute approximate surface area is 191 Å². The van der Waals surface area contributed by atoms with Gasteiger partial charge in [0.05, 0.1) is 12.2 Å². The van der Waals surface area contributed by atoms with Crippen LogP contribution in [0.5, 0.6) is 0 Å². The Morgan fingerprint density at radius 3 is 2.09 bits per heavy atom. The number of esters is 3. The van der Waals surface area contributed by atoms with Crippen molar-refractivity contribution in [2.45, 2.75) is 51.2 Å². The zero-order chi connectivity index (χ0) is 23.8. The molecule has 2 aromatic rings. The van der Waals surface area contributed by atoms with Crippen LogP contribution >= 0.6 is 0 Å². The first kappa shape index (κ1) is 24.4. The van der Waals surface area contributed by atoms with Gasteiger partial charge in [-0.15, -0.1) is 0 Å². The third-order valence-electron chi connectivity index (χ3n) is 4.90. The van der Waals surface area contributed by atoms with Crippen molar-refractivity contribution in [3.8, 4) is 0 Å². The van der Waals surface area contributed by atoms with Crippen LogP contribution < -0.4 is 0 Å². The summed E-state index contributed by atoms with van der Waals surface area (Å²) in [7, 11) is 0. The molecule has 176 valence electrons. The topological polar surface area (TPSA) is 118 Å². The molecule has 1 aliphatic rings. The first-order valence-electron chi connectivity index (χ1n) is 10.4. The van der Waals surface area contributed by atoms with Crippen LogP contribution in [0.3, 0.4) is 0 Å². The summed E-state index contributed by atoms with van der Waals surface area (Å²) in [6.07, 6.45) is -6.21. The van der Waals surface area contributed by atoms with E-state index in [-0.39, 0.29) is 18.8 Å². The third-order valence-corrected chi connectivity index (χ3v) is 4.90. The lowest BCUT2D eigenvalue weighted by atomic mass is 9.98. The molecular formula is C24H26O9. The van der Waals surface area contributed by atoms with E-state index in [1.807, 2.05) is 30.3 Å². The van der Waals surface area contributed by atoms with E-state index >= 15 is 0 Å². The summed E-state index contributed by atoms with van der Waals surface area (Å²) < 4.78 is 27.5. The molecule has 1 fully saturated rings. The minimum atomic E-state index is -1.62. The molecule has 0 aromatic heterocycles. The van der Waals surface area contributed by atoms with Crippen molar-refractivity contribution in [1.29, 1.82) is 0 Å². The van der Waals surface area contributed by atoms with Gasteiger partial charge in [-0.05, 0) is 17.7 Å². The van der Waals surface area contributed by atoms with E-state index in [4.69, 9.17) is 23.7 Å². The molecule has 2 aromatic carbocycles. The molecule has 1 aliphatic heterocycles. The smallest absolute Gasteiger partial charge is 0.338 e. The van der Waals surface area contributed by atoms with Gasteiger partial charge < -0.3 is 28.8 Å². The number of aliphatic hydroxyl groups is 1. The van der Waals surface area contributed by atoms with Crippen molar-refractivity contribution in [3.63, 3.8) is 0 Å². The molecule has 1 N–H and O–H groups in total. The van der Waals surface area contributed by atoms with Crippen LogP contribution in [0, 0.1) is 0 Å². The Hall–Kier alpha value is -3.27. The number of carbonyl (C=O) groups is 3. The number of carbonyl (C=O) groups excluding carboxylic acids is 3. The summed E-state index contributed by atoms with van der Waals surface area (Å²) in [5, 5.41) is 10.7. The van der Waals surface area contributed by atoms with Crippen LogP contribution in [0.25, 0.3) is 0 Å². The fraction of sp³-hybridized carbons (Fsp3) is 0.375. The van der Waals surface area contributed by atoms with Gasteiger partial charge in [0, 0.05) is 13.8 Å². The molecule has 9 nitrogen and oxygen atoms in total. The van der Waals surface area contributed by atoms with Gasteiger partial charge in [0.25, 0.3) is 0 Å². The highest BCUT2D eigenvalue weighted by Gasteiger charge is 2.50. The summed E-state index contributed by atoms with van der Waals surface area (Å²) in [5.41, 5.74) is 1.07. The highest BCUT2D eigenvalue weighted by Crippen LogP contribution is 2.29. The molecule has 5 atom stereocenters. The number of hydrogen-bond acceptors (Lipinski definition) is 9. The fourth-order valence-corrected chi connectivity index (χ4v) is 3.41. The molecule has 3 rings (SSSR count). The molecule has 0 saturated carbocycles. The SMILES string of the molecule is CC(=O)OC[C@@H]1OC(O)[C@H](OC(=O)c2ccccc2)[C@@H](OCc2ccccc2)[C@H]1OC(C)=O. The van der Waals surface area contributed by atoms with Gasteiger partial charge in [-0.1, -0.05) is 48.5 Å². The Balaban J connectivity index is 1.87. The second kappa shape index (κ2) is 11.6. The zero-order valence-corrected chi connectivity index (χ0v) is 18.3. The van der Waals surface area contributed by atoms with Gasteiger partial charge in [-0.2, -0.15) is 0 Å². The predicted octanol–water partition coefficient (Wildman–Crippen LogP) is 2.01. The standard InChI is InChI=1S/C24H26O9/c1-15(25)29-14-19-20(31-16(2)26)21(30-13-17-9-5-3-6-10-17)22(24(28)32-19)33-23(27)18-11-7-4-8-12-18/h3-12,19-22,24,28H,13-14H2,1-2H3/t19-,20-,21-,22+,24?/m0/s1. The minimum absolute atomic E-state index is 0.0790. The lowest BCUT2D eigenvalue weighted by molar-refractivity contribution is -0.298. The molecule has 0 radical (unpaired) electrons. The van der Waals surface area contributed by atoms with Gasteiger partial charge in [0.1, 0.15) is 18.8 Å². The molecule has 0 aliphatic carbocycles. The second-order valence-electron chi connectivity index (χ2n) is 7.44. The molecule has 1 unspecified atom stereocenters. The molecule has 0 spiro atoms. The van der Waals surface area contributed by atoms with Crippen LogP contribution in [0.1, 0.15) is 29.8 Å². The normalized spacial score (nSPS) is 24.5. The van der Waals surface area contributed by atoms with Crippen LogP contribution in [0.4, 0.5) is 0 Å². The van der Waals surface area contributed by atoms with E-state index in [2.05, 4.69) is 0 Å². The number of hydrogen-bond donors (Lipinski definition) is 1. The maximum atomic E-state index is 12.7. The zero-order valence-electron chi connectivity index (χ0n) is 18.3. The molecule has 0 bridgehead atoms. The maximum Gasteiger partial charge on any atom is 0.338 e. The summed E-state index contributed by atoms with van der Waals surface area (Å²) in [4.78, 5) is 35.8. The third kappa shape index (κ3) is 6.85. The lowest BCUT2D eigenvalue weighted by Gasteiger charge is -2.43. The van der Waals surface area contributed by atoms with E-state index in [9.17, 15) is 19.5 Å². The van der Waals surface area contributed by atoms with E-state index < -0.39 is 48.6 Å². The van der Waals surface area contributed by atoms with Gasteiger partial charge in [-0.3, -0.25) is 9.59 Å². The number of aliphatic hydroxyl groups excluding tert-OH is 1. The van der Waals surface area contributed by atoms with Gasteiger partial charge in [-0.25, -0.2) is 4.79 Å². The van der Waals surface area contributed by atoms with Crippen molar-refractivity contribution in [1.82, 2.24) is 0 Å². The summed E-state index contributed by atoms with van der Waals surface area (Å²) in [5.74, 6) is -1.93. The largest absolute Gasteiger partial charge is 0.463 e. The molecule has 0 amide bonds. The highest BCUT2D eigenvalue weighted by atomic mass is 16.7. The maximum absolute atomic E-state index is 12.7. The van der Waals surface area contributed by atoms with Crippen molar-refractivity contribution in [3.05, 3.63) is 71.8 Å². The van der Waals surface area contributed by atoms with E-state index in [1.165, 1.54) is 13.8 Å². The summed E-state index contributed by atoms with van der Waals surface area (Å²) in [6.45, 7) is 2.20. The van der Waals surface area contributed by atoms with Crippen LogP contribution in [-0.2, 0) is 39.9 Å². The molecule has 1 heterocycles. The van der Waals surface area contributed by atoms with Crippen LogP contribution in [-0.4, -0.2) is 60.3 Å². The molecule has 1 saturated heterocycles. The summed E-state index contributed by atoms with van der Waals surface area (Å²) in [6, 6.07) is 17.4. The Morgan fingerprint density at radius 1 is 0.848 bits per heavy atom. The average molecular weight is 458 g/mol. The molecule has 33 heavy (non-hydrogen) atoms. The Kier molecular flexibility index (Phi) is 8.53. The van der Waals surface area contributed by atoms with Crippen molar-refractivity contribution in [2.75, 3.05) is 6.61 Å². The molecular weight excluding hydrogens is 432 g/mol. The fourth-order valence-electron chi connectivity index (χ4n) is 3.41. The predicted molar refractivity (Wildman–Crippen MR) is 114 cm³/mol. The summed E-state index contributed by atoms with van der Waals surface area (Å²) >= 11 is 0. The molecule has 9 heteroatoms. The van der Waals surface area contributed by atoms with Gasteiger partial charge >= 0.3 is 17.9 Å².